The molecule has 1 saturated carbocycles. The molecule has 1 aliphatic heterocycles. The second-order valence-electron chi connectivity index (χ2n) is 4.64. The van der Waals surface area contributed by atoms with Crippen molar-refractivity contribution in [2.75, 3.05) is 0 Å². The summed E-state index contributed by atoms with van der Waals surface area (Å²) in [5, 5.41) is 5.54. The fourth-order valence-electron chi connectivity index (χ4n) is 2.30. The minimum atomic E-state index is -0.580. The smallest absolute Gasteiger partial charge is 0.323 e. The first-order valence-corrected chi connectivity index (χ1v) is 6.54. The van der Waals surface area contributed by atoms with E-state index in [0.717, 1.165) is 30.0 Å². The molecule has 17 heavy (non-hydrogen) atoms. The van der Waals surface area contributed by atoms with Crippen molar-refractivity contribution < 1.29 is 9.59 Å². The number of thiazole rings is 1. The average molecular weight is 251 g/mol. The Bertz CT molecular complexity index is 493. The Hall–Kier alpha value is -1.43. The fraction of sp³-hybridized carbons (Fsp3) is 0.545. The van der Waals surface area contributed by atoms with E-state index < -0.39 is 5.54 Å². The highest BCUT2D eigenvalue weighted by molar-refractivity contribution is 7.09. The molecule has 90 valence electrons. The third-order valence-electron chi connectivity index (χ3n) is 3.41. The normalized spacial score (nSPS) is 21.8. The fourth-order valence-corrected chi connectivity index (χ4v) is 3.06. The van der Waals surface area contributed by atoms with Gasteiger partial charge in [0.15, 0.2) is 0 Å². The summed E-state index contributed by atoms with van der Waals surface area (Å²) in [5.74, 6) is -0.0818. The summed E-state index contributed by atoms with van der Waals surface area (Å²) in [6, 6.07) is -0.275. The average Bonchev–Trinajstić information content (AvgIpc) is 2.74. The molecule has 0 unspecified atom stereocenters. The maximum Gasteiger partial charge on any atom is 0.325 e. The minimum absolute atomic E-state index is 0.0818. The summed E-state index contributed by atoms with van der Waals surface area (Å²) in [4.78, 5) is 29.5. The lowest BCUT2D eigenvalue weighted by Crippen LogP contribution is -2.52. The molecule has 0 atom stereocenters. The third-order valence-corrected chi connectivity index (χ3v) is 4.36. The molecule has 3 amide bonds. The number of carbonyl (C=O) groups is 2. The van der Waals surface area contributed by atoms with Crippen molar-refractivity contribution in [1.29, 1.82) is 0 Å². The molecular weight excluding hydrogens is 238 g/mol. The molecule has 1 saturated heterocycles. The number of rotatable bonds is 2. The van der Waals surface area contributed by atoms with Gasteiger partial charge in [0.1, 0.15) is 10.5 Å². The Morgan fingerprint density at radius 3 is 2.76 bits per heavy atom. The largest absolute Gasteiger partial charge is 0.325 e. The van der Waals surface area contributed by atoms with Crippen LogP contribution in [0.3, 0.4) is 0 Å². The van der Waals surface area contributed by atoms with E-state index >= 15 is 0 Å². The van der Waals surface area contributed by atoms with Crippen LogP contribution in [0.2, 0.25) is 0 Å². The van der Waals surface area contributed by atoms with Crippen LogP contribution in [0.25, 0.3) is 0 Å². The van der Waals surface area contributed by atoms with Gasteiger partial charge < -0.3 is 5.32 Å². The number of nitrogens with zero attached hydrogens (tertiary/aromatic N) is 2. The molecule has 1 N–H and O–H groups in total. The highest BCUT2D eigenvalue weighted by Gasteiger charge is 2.54. The van der Waals surface area contributed by atoms with Crippen molar-refractivity contribution >= 4 is 23.3 Å². The highest BCUT2D eigenvalue weighted by Crippen LogP contribution is 2.37. The van der Waals surface area contributed by atoms with Gasteiger partial charge in [-0.25, -0.2) is 9.78 Å². The van der Waals surface area contributed by atoms with E-state index in [0.29, 0.717) is 6.54 Å². The molecule has 1 aromatic heterocycles. The second kappa shape index (κ2) is 3.53. The van der Waals surface area contributed by atoms with E-state index in [9.17, 15) is 9.59 Å². The lowest BCUT2D eigenvalue weighted by Gasteiger charge is -2.34. The van der Waals surface area contributed by atoms with Crippen molar-refractivity contribution in [2.45, 2.75) is 38.3 Å². The number of hydrogen-bond donors (Lipinski definition) is 1. The van der Waals surface area contributed by atoms with Gasteiger partial charge in [-0.05, 0) is 26.2 Å². The van der Waals surface area contributed by atoms with E-state index in [1.54, 1.807) is 0 Å². The van der Waals surface area contributed by atoms with Gasteiger partial charge in [-0.1, -0.05) is 0 Å². The van der Waals surface area contributed by atoms with Crippen LogP contribution in [-0.4, -0.2) is 27.4 Å². The van der Waals surface area contributed by atoms with Gasteiger partial charge in [0.25, 0.3) is 5.91 Å². The van der Waals surface area contributed by atoms with Crippen LogP contribution in [0.4, 0.5) is 4.79 Å². The number of aryl methyl sites for hydroxylation is 1. The number of urea groups is 1. The van der Waals surface area contributed by atoms with Crippen LogP contribution < -0.4 is 5.32 Å². The molecule has 1 spiro atoms. The summed E-state index contributed by atoms with van der Waals surface area (Å²) >= 11 is 1.48. The van der Waals surface area contributed by atoms with Gasteiger partial charge in [-0.15, -0.1) is 11.3 Å². The molecular formula is C11H13N3O2S. The maximum absolute atomic E-state index is 12.2. The van der Waals surface area contributed by atoms with Crippen molar-refractivity contribution in [3.05, 3.63) is 16.1 Å². The minimum Gasteiger partial charge on any atom is -0.323 e. The van der Waals surface area contributed by atoms with Crippen LogP contribution in [0.5, 0.6) is 0 Å². The summed E-state index contributed by atoms with van der Waals surface area (Å²) in [6.45, 7) is 2.20. The monoisotopic (exact) mass is 251 g/mol. The predicted octanol–water partition coefficient (Wildman–Crippen LogP) is 1.43. The molecule has 3 rings (SSSR count). The quantitative estimate of drug-likeness (QED) is 0.809. The zero-order valence-corrected chi connectivity index (χ0v) is 10.3. The molecule has 2 fully saturated rings. The van der Waals surface area contributed by atoms with Crippen molar-refractivity contribution in [2.24, 2.45) is 0 Å². The van der Waals surface area contributed by atoms with Gasteiger partial charge in [0, 0.05) is 11.1 Å². The zero-order valence-electron chi connectivity index (χ0n) is 9.52. The van der Waals surface area contributed by atoms with Crippen molar-refractivity contribution in [3.63, 3.8) is 0 Å². The number of nitrogens with one attached hydrogen (secondary N) is 1. The zero-order chi connectivity index (χ0) is 12.0. The van der Waals surface area contributed by atoms with Crippen LogP contribution in [0, 0.1) is 6.92 Å². The SMILES string of the molecule is Cc1csc(CN2C(=O)NC3(CCC3)C2=O)n1. The topological polar surface area (TPSA) is 62.3 Å². The standard InChI is InChI=1S/C11H13N3O2S/c1-7-6-17-8(12-7)5-14-9(15)11(3-2-4-11)13-10(14)16/h6H,2-5H2,1H3,(H,13,16). The first kappa shape index (κ1) is 10.7. The Morgan fingerprint density at radius 2 is 2.29 bits per heavy atom. The molecule has 0 bridgehead atoms. The van der Waals surface area contributed by atoms with Crippen LogP contribution >= 0.6 is 11.3 Å². The van der Waals surface area contributed by atoms with Gasteiger partial charge in [0.2, 0.25) is 0 Å². The van der Waals surface area contributed by atoms with E-state index in [2.05, 4.69) is 10.3 Å². The summed E-state index contributed by atoms with van der Waals surface area (Å²) in [5.41, 5.74) is 0.346. The number of aromatic nitrogens is 1. The number of carbonyl (C=O) groups excluding carboxylic acids is 2. The molecule has 6 heteroatoms. The van der Waals surface area contributed by atoms with Gasteiger partial charge in [-0.2, -0.15) is 0 Å². The van der Waals surface area contributed by atoms with Gasteiger partial charge >= 0.3 is 6.03 Å². The lowest BCUT2D eigenvalue weighted by atomic mass is 9.77. The molecule has 1 aliphatic carbocycles. The van der Waals surface area contributed by atoms with Crippen LogP contribution in [0.1, 0.15) is 30.0 Å². The van der Waals surface area contributed by atoms with Crippen LogP contribution in [-0.2, 0) is 11.3 Å². The first-order valence-electron chi connectivity index (χ1n) is 5.66. The molecule has 0 radical (unpaired) electrons. The van der Waals surface area contributed by atoms with Gasteiger partial charge in [0.05, 0.1) is 6.54 Å². The Morgan fingerprint density at radius 1 is 1.53 bits per heavy atom. The summed E-state index contributed by atoms with van der Waals surface area (Å²) in [7, 11) is 0. The van der Waals surface area contributed by atoms with Crippen molar-refractivity contribution in [1.82, 2.24) is 15.2 Å². The Kier molecular flexibility index (Phi) is 2.22. The molecule has 0 aromatic carbocycles. The first-order chi connectivity index (χ1) is 8.11. The predicted molar refractivity (Wildman–Crippen MR) is 62.5 cm³/mol. The lowest BCUT2D eigenvalue weighted by molar-refractivity contribution is -0.134. The highest BCUT2D eigenvalue weighted by atomic mass is 32.1. The number of imide groups is 1. The molecule has 1 aromatic rings. The van der Waals surface area contributed by atoms with E-state index in [4.69, 9.17) is 0 Å². The Balaban J connectivity index is 1.79. The molecule has 2 heterocycles. The number of hydrogen-bond acceptors (Lipinski definition) is 4. The van der Waals surface area contributed by atoms with Gasteiger partial charge in [-0.3, -0.25) is 9.69 Å². The van der Waals surface area contributed by atoms with E-state index in [1.807, 2.05) is 12.3 Å². The van der Waals surface area contributed by atoms with Crippen LogP contribution in [0.15, 0.2) is 5.38 Å². The van der Waals surface area contributed by atoms with Crippen molar-refractivity contribution in [3.8, 4) is 0 Å². The van der Waals surface area contributed by atoms with E-state index in [-0.39, 0.29) is 11.9 Å². The summed E-state index contributed by atoms with van der Waals surface area (Å²) < 4.78 is 0. The third kappa shape index (κ3) is 1.55. The summed E-state index contributed by atoms with van der Waals surface area (Å²) in [6.07, 6.45) is 2.55. The number of amides is 3. The molecule has 2 aliphatic rings. The Labute approximate surface area is 103 Å². The second-order valence-corrected chi connectivity index (χ2v) is 5.58. The molecule has 5 nitrogen and oxygen atoms in total. The maximum atomic E-state index is 12.2. The van der Waals surface area contributed by atoms with E-state index in [1.165, 1.54) is 16.2 Å².